The van der Waals surface area contributed by atoms with Crippen molar-refractivity contribution < 1.29 is 9.53 Å². The van der Waals surface area contributed by atoms with Gasteiger partial charge in [-0.2, -0.15) is 0 Å². The molecule has 1 saturated heterocycles. The number of fused-ring (bicyclic) bond motifs is 1. The van der Waals surface area contributed by atoms with Gasteiger partial charge in [0.1, 0.15) is 0 Å². The van der Waals surface area contributed by atoms with Gasteiger partial charge in [-0.3, -0.25) is 4.79 Å². The molecule has 0 aromatic heterocycles. The lowest BCUT2D eigenvalue weighted by atomic mass is 9.69. The largest absolute Gasteiger partial charge is 0.466 e. The zero-order valence-corrected chi connectivity index (χ0v) is 21.9. The number of ether oxygens (including phenoxy) is 1. The molecule has 0 radical (unpaired) electrons. The molecule has 3 heteroatoms. The Morgan fingerprint density at radius 3 is 2.15 bits per heavy atom. The van der Waals surface area contributed by atoms with Crippen molar-refractivity contribution in [2.75, 3.05) is 26.2 Å². The highest BCUT2D eigenvalue weighted by molar-refractivity contribution is 5.83. The summed E-state index contributed by atoms with van der Waals surface area (Å²) in [5.41, 5.74) is 3.38. The number of hydrogen-bond acceptors (Lipinski definition) is 3. The van der Waals surface area contributed by atoms with E-state index in [9.17, 15) is 4.79 Å². The average Bonchev–Trinajstić information content (AvgIpc) is 2.83. The molecule has 0 atom stereocenters. The van der Waals surface area contributed by atoms with E-state index in [1.807, 2.05) is 6.92 Å². The maximum atomic E-state index is 12.0. The van der Waals surface area contributed by atoms with E-state index in [4.69, 9.17) is 4.74 Å². The predicted octanol–water partition coefficient (Wildman–Crippen LogP) is 7.05. The van der Waals surface area contributed by atoms with E-state index < -0.39 is 0 Å². The number of benzene rings is 2. The summed E-state index contributed by atoms with van der Waals surface area (Å²) >= 11 is 0. The Labute approximate surface area is 207 Å². The van der Waals surface area contributed by atoms with Crippen LogP contribution in [-0.2, 0) is 22.4 Å². The molecule has 2 aromatic rings. The lowest BCUT2D eigenvalue weighted by molar-refractivity contribution is -0.149. The van der Waals surface area contributed by atoms with E-state index in [1.54, 1.807) is 0 Å². The molecule has 0 bridgehead atoms. The van der Waals surface area contributed by atoms with Gasteiger partial charge >= 0.3 is 5.97 Å². The number of piperidine rings is 1. The van der Waals surface area contributed by atoms with E-state index in [0.29, 0.717) is 12.0 Å². The number of carbonyl (C=O) groups excluding carboxylic acids is 1. The normalized spacial score (nSPS) is 22.7. The zero-order chi connectivity index (χ0) is 24.1. The highest BCUT2D eigenvalue weighted by Gasteiger charge is 2.29. The molecule has 1 heterocycles. The van der Waals surface area contributed by atoms with Crippen LogP contribution in [0, 0.1) is 23.2 Å². The molecule has 3 nitrogen and oxygen atoms in total. The average molecular weight is 464 g/mol. The Balaban J connectivity index is 1.26. The van der Waals surface area contributed by atoms with Crippen LogP contribution in [0.2, 0.25) is 0 Å². The minimum absolute atomic E-state index is 0.00589. The smallest absolute Gasteiger partial charge is 0.309 e. The summed E-state index contributed by atoms with van der Waals surface area (Å²) in [4.78, 5) is 14.4. The van der Waals surface area contributed by atoms with Gasteiger partial charge in [-0.25, -0.2) is 0 Å². The van der Waals surface area contributed by atoms with Crippen LogP contribution in [0.3, 0.4) is 0 Å². The van der Waals surface area contributed by atoms with E-state index in [-0.39, 0.29) is 11.9 Å². The van der Waals surface area contributed by atoms with Crippen molar-refractivity contribution in [3.8, 4) is 0 Å². The second-order valence-electron chi connectivity index (χ2n) is 11.9. The first-order valence-corrected chi connectivity index (χ1v) is 13.7. The second kappa shape index (κ2) is 11.2. The molecule has 1 saturated carbocycles. The summed E-state index contributed by atoms with van der Waals surface area (Å²) in [6.45, 7) is 12.7. The monoisotopic (exact) mass is 463 g/mol. The third kappa shape index (κ3) is 6.62. The van der Waals surface area contributed by atoms with Crippen molar-refractivity contribution in [3.05, 3.63) is 47.5 Å². The maximum Gasteiger partial charge on any atom is 0.309 e. The molecule has 0 N–H and O–H groups in total. The summed E-state index contributed by atoms with van der Waals surface area (Å²) in [5.74, 6) is 1.83. The van der Waals surface area contributed by atoms with Crippen LogP contribution in [0.1, 0.15) is 77.3 Å². The molecule has 1 aliphatic carbocycles. The maximum absolute atomic E-state index is 12.0. The number of nitrogens with zero attached hydrogens (tertiary/aromatic N) is 1. The highest BCUT2D eigenvalue weighted by Crippen LogP contribution is 2.40. The number of esters is 1. The van der Waals surface area contributed by atoms with Gasteiger partial charge in [-0.05, 0) is 111 Å². The predicted molar refractivity (Wildman–Crippen MR) is 142 cm³/mol. The van der Waals surface area contributed by atoms with Crippen LogP contribution >= 0.6 is 0 Å². The van der Waals surface area contributed by atoms with Crippen LogP contribution in [0.25, 0.3) is 10.8 Å². The zero-order valence-electron chi connectivity index (χ0n) is 21.9. The summed E-state index contributed by atoms with van der Waals surface area (Å²) in [6, 6.07) is 14.1. The standard InChI is InChI=1S/C31H45NO2/c1-5-34-30(33)26-15-18-32(19-16-26)17-14-24-6-10-28-22-25(7-11-27(28)21-24)20-23-8-12-29(13-9-23)31(2,3)4/h6-7,10-11,21-23,26,29H,5,8-9,12-20H2,1-4H3. The van der Waals surface area contributed by atoms with Crippen molar-refractivity contribution in [1.29, 1.82) is 0 Å². The van der Waals surface area contributed by atoms with E-state index in [1.165, 1.54) is 54.0 Å². The van der Waals surface area contributed by atoms with Gasteiger partial charge in [0.15, 0.2) is 0 Å². The van der Waals surface area contributed by atoms with Crippen molar-refractivity contribution in [1.82, 2.24) is 4.90 Å². The van der Waals surface area contributed by atoms with Crippen LogP contribution in [0.5, 0.6) is 0 Å². The van der Waals surface area contributed by atoms with Gasteiger partial charge in [-0.15, -0.1) is 0 Å². The third-order valence-corrected chi connectivity index (χ3v) is 8.49. The van der Waals surface area contributed by atoms with Crippen molar-refractivity contribution >= 4 is 16.7 Å². The number of likely N-dealkylation sites (tertiary alicyclic amines) is 1. The topological polar surface area (TPSA) is 29.5 Å². The van der Waals surface area contributed by atoms with Gasteiger partial charge in [0.25, 0.3) is 0 Å². The first kappa shape index (κ1) is 25.2. The summed E-state index contributed by atoms with van der Waals surface area (Å²) in [5, 5.41) is 2.73. The lowest BCUT2D eigenvalue weighted by Crippen LogP contribution is -2.38. The first-order chi connectivity index (χ1) is 16.3. The van der Waals surface area contributed by atoms with Crippen LogP contribution in [0.4, 0.5) is 0 Å². The second-order valence-corrected chi connectivity index (χ2v) is 11.9. The minimum atomic E-state index is -0.00589. The van der Waals surface area contributed by atoms with Crippen LogP contribution in [0.15, 0.2) is 36.4 Å². The Morgan fingerprint density at radius 1 is 0.912 bits per heavy atom. The fourth-order valence-corrected chi connectivity index (χ4v) is 6.13. The molecule has 4 rings (SSSR count). The molecule has 0 unspecified atom stereocenters. The summed E-state index contributed by atoms with van der Waals surface area (Å²) < 4.78 is 5.20. The summed E-state index contributed by atoms with van der Waals surface area (Å²) in [7, 11) is 0. The Bertz CT molecular complexity index is 944. The van der Waals surface area contributed by atoms with E-state index in [2.05, 4.69) is 62.1 Å². The SMILES string of the molecule is CCOC(=O)C1CCN(CCc2ccc3cc(CC4CCC(C(C)(C)C)CC4)ccc3c2)CC1. The highest BCUT2D eigenvalue weighted by atomic mass is 16.5. The fraction of sp³-hybridized carbons (Fsp3) is 0.645. The van der Waals surface area contributed by atoms with E-state index >= 15 is 0 Å². The molecule has 0 amide bonds. The molecule has 186 valence electrons. The molecule has 2 aromatic carbocycles. The van der Waals surface area contributed by atoms with E-state index in [0.717, 1.165) is 50.7 Å². The molecule has 34 heavy (non-hydrogen) atoms. The van der Waals surface area contributed by atoms with Crippen LogP contribution in [-0.4, -0.2) is 37.1 Å². The van der Waals surface area contributed by atoms with Crippen molar-refractivity contribution in [2.45, 2.75) is 79.1 Å². The molecule has 2 aliphatic rings. The van der Waals surface area contributed by atoms with Crippen molar-refractivity contribution in [3.63, 3.8) is 0 Å². The molecule has 1 aliphatic heterocycles. The molecule has 2 fully saturated rings. The van der Waals surface area contributed by atoms with Gasteiger partial charge in [0.05, 0.1) is 12.5 Å². The Morgan fingerprint density at radius 2 is 1.53 bits per heavy atom. The quantitative estimate of drug-likeness (QED) is 0.412. The molecular formula is C31H45NO2. The third-order valence-electron chi connectivity index (χ3n) is 8.49. The van der Waals surface area contributed by atoms with Crippen molar-refractivity contribution in [2.24, 2.45) is 23.2 Å². The van der Waals surface area contributed by atoms with Crippen LogP contribution < -0.4 is 0 Å². The number of hydrogen-bond donors (Lipinski definition) is 0. The minimum Gasteiger partial charge on any atom is -0.466 e. The summed E-state index contributed by atoms with van der Waals surface area (Å²) in [6.07, 6.45) is 9.71. The molecule has 0 spiro atoms. The Hall–Kier alpha value is -1.87. The number of rotatable bonds is 7. The first-order valence-electron chi connectivity index (χ1n) is 13.7. The van der Waals surface area contributed by atoms with Gasteiger partial charge in [0, 0.05) is 6.54 Å². The Kier molecular flexibility index (Phi) is 8.34. The fourth-order valence-electron chi connectivity index (χ4n) is 6.13. The van der Waals surface area contributed by atoms with Gasteiger partial charge in [-0.1, -0.05) is 57.2 Å². The number of carbonyl (C=O) groups is 1. The lowest BCUT2D eigenvalue weighted by Gasteiger charge is -2.37. The van der Waals surface area contributed by atoms with Gasteiger partial charge in [0.2, 0.25) is 0 Å². The molecular weight excluding hydrogens is 418 g/mol. The van der Waals surface area contributed by atoms with Gasteiger partial charge < -0.3 is 9.64 Å².